The summed E-state index contributed by atoms with van der Waals surface area (Å²) in [6.45, 7) is 4.31. The number of ether oxygens (including phenoxy) is 2. The van der Waals surface area contributed by atoms with Gasteiger partial charge in [-0.05, 0) is 26.8 Å². The van der Waals surface area contributed by atoms with Gasteiger partial charge < -0.3 is 19.0 Å². The van der Waals surface area contributed by atoms with Gasteiger partial charge in [0.15, 0.2) is 6.61 Å². The number of hydrogen-bond acceptors (Lipinski definition) is 6. The van der Waals surface area contributed by atoms with Crippen LogP contribution in [0, 0.1) is 13.8 Å². The fourth-order valence-corrected chi connectivity index (χ4v) is 2.58. The molecule has 26 heavy (non-hydrogen) atoms. The summed E-state index contributed by atoms with van der Waals surface area (Å²) in [6, 6.07) is 4.48. The molecule has 8 nitrogen and oxygen atoms in total. The molecule has 0 aliphatic heterocycles. The van der Waals surface area contributed by atoms with Gasteiger partial charge in [0.2, 0.25) is 5.78 Å². The minimum atomic E-state index is -0.728. The zero-order valence-electron chi connectivity index (χ0n) is 14.8. The van der Waals surface area contributed by atoms with E-state index in [1.165, 1.54) is 16.8 Å². The van der Waals surface area contributed by atoms with E-state index in [1.54, 1.807) is 32.9 Å². The van der Waals surface area contributed by atoms with Gasteiger partial charge in [0.25, 0.3) is 5.56 Å². The predicted octanol–water partition coefficient (Wildman–Crippen LogP) is 1.40. The molecule has 0 bridgehead atoms. The molecular weight excluding hydrogens is 340 g/mol. The molecule has 0 aromatic carbocycles. The standard InChI is InChI=1S/C18H20N2O6/c1-4-25-18(24)17-12(3)19-11(2)16(17)13(21)10-26-15(23)9-20-8-6-5-7-14(20)22/h5-8,19H,4,9-10H2,1-3H3. The Morgan fingerprint density at radius 3 is 2.42 bits per heavy atom. The van der Waals surface area contributed by atoms with Crippen molar-refractivity contribution in [1.29, 1.82) is 0 Å². The van der Waals surface area contributed by atoms with Crippen LogP contribution in [0.4, 0.5) is 0 Å². The van der Waals surface area contributed by atoms with Crippen LogP contribution in [0.3, 0.4) is 0 Å². The maximum absolute atomic E-state index is 12.5. The van der Waals surface area contributed by atoms with Crippen LogP contribution in [-0.2, 0) is 20.8 Å². The van der Waals surface area contributed by atoms with Crippen molar-refractivity contribution < 1.29 is 23.9 Å². The number of H-pyrrole nitrogens is 1. The van der Waals surface area contributed by atoms with E-state index in [2.05, 4.69) is 4.98 Å². The maximum Gasteiger partial charge on any atom is 0.340 e. The largest absolute Gasteiger partial charge is 0.462 e. The molecule has 0 saturated heterocycles. The molecule has 0 radical (unpaired) electrons. The molecular formula is C18H20N2O6. The molecule has 1 N–H and O–H groups in total. The molecule has 2 heterocycles. The van der Waals surface area contributed by atoms with Crippen LogP contribution >= 0.6 is 0 Å². The minimum Gasteiger partial charge on any atom is -0.462 e. The number of pyridine rings is 1. The molecule has 0 saturated carbocycles. The molecule has 8 heteroatoms. The maximum atomic E-state index is 12.5. The number of carbonyl (C=O) groups excluding carboxylic acids is 3. The summed E-state index contributed by atoms with van der Waals surface area (Å²) in [5.41, 5.74) is 0.935. The summed E-state index contributed by atoms with van der Waals surface area (Å²) in [5, 5.41) is 0. The highest BCUT2D eigenvalue weighted by atomic mass is 16.5. The molecule has 0 amide bonds. The van der Waals surface area contributed by atoms with Gasteiger partial charge in [0.05, 0.1) is 17.7 Å². The minimum absolute atomic E-state index is 0.143. The van der Waals surface area contributed by atoms with Gasteiger partial charge in [0.1, 0.15) is 6.54 Å². The van der Waals surface area contributed by atoms with Gasteiger partial charge >= 0.3 is 11.9 Å². The molecule has 0 aliphatic rings. The van der Waals surface area contributed by atoms with Gasteiger partial charge in [-0.1, -0.05) is 6.07 Å². The smallest absolute Gasteiger partial charge is 0.340 e. The van der Waals surface area contributed by atoms with E-state index in [0.717, 1.165) is 0 Å². The molecule has 2 aromatic rings. The van der Waals surface area contributed by atoms with Crippen molar-refractivity contribution in [3.05, 3.63) is 57.3 Å². The van der Waals surface area contributed by atoms with Crippen LogP contribution in [-0.4, -0.2) is 40.5 Å². The third kappa shape index (κ3) is 4.27. The molecule has 0 spiro atoms. The molecule has 0 fully saturated rings. The van der Waals surface area contributed by atoms with E-state index in [9.17, 15) is 19.2 Å². The van der Waals surface area contributed by atoms with E-state index >= 15 is 0 Å². The first kappa shape index (κ1) is 19.2. The highest BCUT2D eigenvalue weighted by Crippen LogP contribution is 2.20. The fraction of sp³-hybridized carbons (Fsp3) is 0.333. The third-order valence-electron chi connectivity index (χ3n) is 3.70. The molecule has 0 aliphatic carbocycles. The number of ketones is 1. The van der Waals surface area contributed by atoms with Crippen LogP contribution in [0.1, 0.15) is 39.0 Å². The Kier molecular flexibility index (Phi) is 6.11. The van der Waals surface area contributed by atoms with E-state index < -0.39 is 24.3 Å². The van der Waals surface area contributed by atoms with Crippen molar-refractivity contribution in [2.24, 2.45) is 0 Å². The molecule has 0 atom stereocenters. The molecule has 2 aromatic heterocycles. The second-order valence-corrected chi connectivity index (χ2v) is 5.60. The quantitative estimate of drug-likeness (QED) is 0.591. The number of aryl methyl sites for hydroxylation is 2. The second kappa shape index (κ2) is 8.28. The Hall–Kier alpha value is -3.16. The van der Waals surface area contributed by atoms with Crippen molar-refractivity contribution in [2.45, 2.75) is 27.3 Å². The summed E-state index contributed by atoms with van der Waals surface area (Å²) in [5.74, 6) is -1.86. The van der Waals surface area contributed by atoms with Gasteiger partial charge in [-0.2, -0.15) is 0 Å². The monoisotopic (exact) mass is 360 g/mol. The SMILES string of the molecule is CCOC(=O)c1c(C)[nH]c(C)c1C(=O)COC(=O)Cn1ccccc1=O. The Bertz CT molecular complexity index is 893. The zero-order valence-corrected chi connectivity index (χ0v) is 14.8. The van der Waals surface area contributed by atoms with Gasteiger partial charge in [-0.3, -0.25) is 14.4 Å². The van der Waals surface area contributed by atoms with Crippen molar-refractivity contribution in [2.75, 3.05) is 13.2 Å². The summed E-state index contributed by atoms with van der Waals surface area (Å²) in [6.07, 6.45) is 1.45. The molecule has 0 unspecified atom stereocenters. The number of aromatic nitrogens is 2. The lowest BCUT2D eigenvalue weighted by Crippen LogP contribution is -2.25. The van der Waals surface area contributed by atoms with Crippen LogP contribution in [0.25, 0.3) is 0 Å². The van der Waals surface area contributed by atoms with Crippen molar-refractivity contribution in [3.8, 4) is 0 Å². The fourth-order valence-electron chi connectivity index (χ4n) is 2.58. The van der Waals surface area contributed by atoms with Crippen LogP contribution in [0.2, 0.25) is 0 Å². The lowest BCUT2D eigenvalue weighted by molar-refractivity contribution is -0.143. The van der Waals surface area contributed by atoms with E-state index in [1.807, 2.05) is 0 Å². The number of hydrogen-bond donors (Lipinski definition) is 1. The normalized spacial score (nSPS) is 10.4. The van der Waals surface area contributed by atoms with Crippen molar-refractivity contribution in [3.63, 3.8) is 0 Å². The number of aromatic amines is 1. The van der Waals surface area contributed by atoms with E-state index in [4.69, 9.17) is 9.47 Å². The van der Waals surface area contributed by atoms with Gasteiger partial charge in [0, 0.05) is 23.7 Å². The number of rotatable bonds is 7. The van der Waals surface area contributed by atoms with Gasteiger partial charge in [-0.25, -0.2) is 4.79 Å². The van der Waals surface area contributed by atoms with Gasteiger partial charge in [-0.15, -0.1) is 0 Å². The topological polar surface area (TPSA) is 107 Å². The highest BCUT2D eigenvalue weighted by Gasteiger charge is 2.26. The first-order valence-corrected chi connectivity index (χ1v) is 8.05. The summed E-state index contributed by atoms with van der Waals surface area (Å²) >= 11 is 0. The number of esters is 2. The summed E-state index contributed by atoms with van der Waals surface area (Å²) in [7, 11) is 0. The Balaban J connectivity index is 2.08. The Morgan fingerprint density at radius 1 is 1.08 bits per heavy atom. The lowest BCUT2D eigenvalue weighted by Gasteiger charge is -2.08. The molecule has 138 valence electrons. The number of nitrogens with one attached hydrogen (secondary N) is 1. The first-order valence-electron chi connectivity index (χ1n) is 8.05. The van der Waals surface area contributed by atoms with Crippen molar-refractivity contribution >= 4 is 17.7 Å². The number of carbonyl (C=O) groups is 3. The summed E-state index contributed by atoms with van der Waals surface area (Å²) in [4.78, 5) is 50.9. The van der Waals surface area contributed by atoms with Crippen LogP contribution in [0.5, 0.6) is 0 Å². The average molecular weight is 360 g/mol. The second-order valence-electron chi connectivity index (χ2n) is 5.60. The zero-order chi connectivity index (χ0) is 19.3. The number of Topliss-reactive ketones (excluding diaryl/α,β-unsaturated/α-hetero) is 1. The van der Waals surface area contributed by atoms with E-state index in [-0.39, 0.29) is 29.8 Å². The highest BCUT2D eigenvalue weighted by molar-refractivity contribution is 6.09. The average Bonchev–Trinajstić information content (AvgIpc) is 2.89. The van der Waals surface area contributed by atoms with Crippen molar-refractivity contribution in [1.82, 2.24) is 9.55 Å². The third-order valence-corrected chi connectivity index (χ3v) is 3.70. The Labute approximate surface area is 149 Å². The van der Waals surface area contributed by atoms with Crippen LogP contribution < -0.4 is 5.56 Å². The Morgan fingerprint density at radius 2 is 1.77 bits per heavy atom. The summed E-state index contributed by atoms with van der Waals surface area (Å²) < 4.78 is 11.1. The first-order chi connectivity index (χ1) is 12.3. The van der Waals surface area contributed by atoms with Crippen LogP contribution in [0.15, 0.2) is 29.2 Å². The lowest BCUT2D eigenvalue weighted by atomic mass is 10.1. The number of nitrogens with zero attached hydrogens (tertiary/aromatic N) is 1. The molecule has 2 rings (SSSR count). The predicted molar refractivity (Wildman–Crippen MR) is 92.2 cm³/mol. The van der Waals surface area contributed by atoms with E-state index in [0.29, 0.717) is 11.4 Å².